The number of piperidine rings is 1. The van der Waals surface area contributed by atoms with Gasteiger partial charge in [-0.15, -0.1) is 10.2 Å². The number of anilines is 1. The minimum atomic E-state index is 0.827. The van der Waals surface area contributed by atoms with Gasteiger partial charge in [0.05, 0.1) is 0 Å². The van der Waals surface area contributed by atoms with Gasteiger partial charge in [0.2, 0.25) is 5.13 Å². The van der Waals surface area contributed by atoms with Crippen molar-refractivity contribution in [3.63, 3.8) is 0 Å². The second-order valence-corrected chi connectivity index (χ2v) is 4.95. The molecular formula is C9H14N4S. The monoisotopic (exact) mass is 210 g/mol. The second-order valence-electron chi connectivity index (χ2n) is 4.13. The third kappa shape index (κ3) is 1.40. The van der Waals surface area contributed by atoms with Gasteiger partial charge < -0.3 is 10.2 Å². The lowest BCUT2D eigenvalue weighted by Gasteiger charge is -2.33. The van der Waals surface area contributed by atoms with Crippen LogP contribution in [0.5, 0.6) is 0 Å². The highest BCUT2D eigenvalue weighted by Crippen LogP contribution is 2.29. The Morgan fingerprint density at radius 3 is 3.21 bits per heavy atom. The molecular weight excluding hydrogens is 196 g/mol. The molecule has 0 aliphatic carbocycles. The average molecular weight is 210 g/mol. The van der Waals surface area contributed by atoms with E-state index in [-0.39, 0.29) is 0 Å². The molecule has 2 saturated heterocycles. The summed E-state index contributed by atoms with van der Waals surface area (Å²) in [6, 6.07) is 0. The first-order chi connectivity index (χ1) is 6.93. The third-order valence-electron chi connectivity index (χ3n) is 3.32. The lowest BCUT2D eigenvalue weighted by Crippen LogP contribution is -2.39. The maximum atomic E-state index is 4.13. The van der Waals surface area contributed by atoms with E-state index in [1.807, 2.05) is 5.51 Å². The molecule has 1 N–H and O–H groups in total. The van der Waals surface area contributed by atoms with Crippen LogP contribution in [0, 0.1) is 11.8 Å². The van der Waals surface area contributed by atoms with Crippen molar-refractivity contribution in [2.75, 3.05) is 31.1 Å². The largest absolute Gasteiger partial charge is 0.346 e. The van der Waals surface area contributed by atoms with Crippen molar-refractivity contribution in [1.29, 1.82) is 0 Å². The standard InChI is InChI=1S/C9H14N4S/c1-2-13(9-12-11-6-14-9)5-8-4-10-3-7(1)8/h6-8,10H,1-5H2. The fourth-order valence-electron chi connectivity index (χ4n) is 2.51. The van der Waals surface area contributed by atoms with Gasteiger partial charge in [0, 0.05) is 13.1 Å². The molecule has 2 fully saturated rings. The fourth-order valence-corrected chi connectivity index (χ4v) is 3.11. The van der Waals surface area contributed by atoms with Gasteiger partial charge in [-0.05, 0) is 31.3 Å². The van der Waals surface area contributed by atoms with Gasteiger partial charge >= 0.3 is 0 Å². The molecule has 2 aliphatic heterocycles. The third-order valence-corrected chi connectivity index (χ3v) is 4.07. The molecule has 0 spiro atoms. The van der Waals surface area contributed by atoms with Crippen molar-refractivity contribution in [2.45, 2.75) is 6.42 Å². The molecule has 0 saturated carbocycles. The molecule has 3 rings (SSSR count). The summed E-state index contributed by atoms with van der Waals surface area (Å²) in [6.45, 7) is 4.71. The van der Waals surface area contributed by atoms with Crippen LogP contribution >= 0.6 is 11.3 Å². The highest BCUT2D eigenvalue weighted by atomic mass is 32.1. The number of nitrogens with zero attached hydrogens (tertiary/aromatic N) is 3. The molecule has 3 heterocycles. The molecule has 0 aromatic carbocycles. The van der Waals surface area contributed by atoms with Crippen molar-refractivity contribution >= 4 is 16.5 Å². The van der Waals surface area contributed by atoms with E-state index >= 15 is 0 Å². The molecule has 0 amide bonds. The van der Waals surface area contributed by atoms with Crippen molar-refractivity contribution < 1.29 is 0 Å². The second kappa shape index (κ2) is 3.47. The Bertz CT molecular complexity index is 300. The molecule has 1 aromatic heterocycles. The normalized spacial score (nSPS) is 31.9. The summed E-state index contributed by atoms with van der Waals surface area (Å²) in [5, 5.41) is 12.6. The lowest BCUT2D eigenvalue weighted by molar-refractivity contribution is 0.348. The Kier molecular flexibility index (Phi) is 2.14. The van der Waals surface area contributed by atoms with Crippen LogP contribution in [0.3, 0.4) is 0 Å². The number of fused-ring (bicyclic) bond motifs is 1. The van der Waals surface area contributed by atoms with Crippen molar-refractivity contribution in [2.24, 2.45) is 11.8 Å². The van der Waals surface area contributed by atoms with E-state index in [1.165, 1.54) is 19.5 Å². The van der Waals surface area contributed by atoms with Crippen LogP contribution in [0.1, 0.15) is 6.42 Å². The van der Waals surface area contributed by atoms with Crippen molar-refractivity contribution in [1.82, 2.24) is 15.5 Å². The van der Waals surface area contributed by atoms with Crippen LogP contribution in [0.2, 0.25) is 0 Å². The van der Waals surface area contributed by atoms with Crippen LogP contribution in [0.4, 0.5) is 5.13 Å². The van der Waals surface area contributed by atoms with E-state index in [0.29, 0.717) is 0 Å². The zero-order valence-electron chi connectivity index (χ0n) is 8.02. The van der Waals surface area contributed by atoms with Gasteiger partial charge in [0.15, 0.2) is 0 Å². The van der Waals surface area contributed by atoms with E-state index < -0.39 is 0 Å². The van der Waals surface area contributed by atoms with Crippen LogP contribution in [0.25, 0.3) is 0 Å². The van der Waals surface area contributed by atoms with Gasteiger partial charge in [-0.1, -0.05) is 11.3 Å². The quantitative estimate of drug-likeness (QED) is 0.736. The Morgan fingerprint density at radius 2 is 2.36 bits per heavy atom. The highest BCUT2D eigenvalue weighted by molar-refractivity contribution is 7.13. The number of hydrogen-bond donors (Lipinski definition) is 1. The maximum absolute atomic E-state index is 4.13. The Hall–Kier alpha value is -0.680. The first-order valence-electron chi connectivity index (χ1n) is 5.15. The highest BCUT2D eigenvalue weighted by Gasteiger charge is 2.33. The summed E-state index contributed by atoms with van der Waals surface area (Å²) in [4.78, 5) is 2.38. The molecule has 5 heteroatoms. The SMILES string of the molecule is c1nnc(N2CCC3CNCC3C2)s1. The predicted molar refractivity (Wildman–Crippen MR) is 56.6 cm³/mol. The average Bonchev–Trinajstić information content (AvgIpc) is 2.88. The van der Waals surface area contributed by atoms with Crippen LogP contribution in [-0.2, 0) is 0 Å². The molecule has 4 nitrogen and oxygen atoms in total. The molecule has 2 atom stereocenters. The zero-order valence-corrected chi connectivity index (χ0v) is 8.83. The molecule has 0 radical (unpaired) electrons. The molecule has 0 bridgehead atoms. The predicted octanol–water partition coefficient (Wildman–Crippen LogP) is 0.584. The summed E-state index contributed by atoms with van der Waals surface area (Å²) in [5.74, 6) is 1.73. The number of nitrogens with one attached hydrogen (secondary N) is 1. The van der Waals surface area contributed by atoms with Gasteiger partial charge in [-0.3, -0.25) is 0 Å². The summed E-state index contributed by atoms with van der Waals surface area (Å²) < 4.78 is 0. The van der Waals surface area contributed by atoms with Crippen molar-refractivity contribution in [3.05, 3.63) is 5.51 Å². The fraction of sp³-hybridized carbons (Fsp3) is 0.778. The van der Waals surface area contributed by atoms with E-state index in [1.54, 1.807) is 11.3 Å². The summed E-state index contributed by atoms with van der Waals surface area (Å²) in [6.07, 6.45) is 1.30. The first-order valence-corrected chi connectivity index (χ1v) is 6.03. The summed E-state index contributed by atoms with van der Waals surface area (Å²) >= 11 is 1.65. The van der Waals surface area contributed by atoms with Crippen LogP contribution in [-0.4, -0.2) is 36.4 Å². The minimum Gasteiger partial charge on any atom is -0.346 e. The zero-order chi connectivity index (χ0) is 9.38. The van der Waals surface area contributed by atoms with Crippen molar-refractivity contribution in [3.8, 4) is 0 Å². The maximum Gasteiger partial charge on any atom is 0.208 e. The van der Waals surface area contributed by atoms with Crippen LogP contribution in [0.15, 0.2) is 5.51 Å². The Balaban J connectivity index is 1.73. The van der Waals surface area contributed by atoms with E-state index in [0.717, 1.165) is 30.1 Å². The Labute approximate surface area is 87.3 Å². The summed E-state index contributed by atoms with van der Waals surface area (Å²) in [5.41, 5.74) is 1.81. The van der Waals surface area contributed by atoms with Gasteiger partial charge in [0.25, 0.3) is 0 Å². The smallest absolute Gasteiger partial charge is 0.208 e. The molecule has 1 aromatic rings. The van der Waals surface area contributed by atoms with E-state index in [4.69, 9.17) is 0 Å². The molecule has 76 valence electrons. The number of rotatable bonds is 1. The molecule has 14 heavy (non-hydrogen) atoms. The Morgan fingerprint density at radius 1 is 1.43 bits per heavy atom. The summed E-state index contributed by atoms with van der Waals surface area (Å²) in [7, 11) is 0. The number of aromatic nitrogens is 2. The van der Waals surface area contributed by atoms with E-state index in [2.05, 4.69) is 20.4 Å². The van der Waals surface area contributed by atoms with Gasteiger partial charge in [0.1, 0.15) is 5.51 Å². The van der Waals surface area contributed by atoms with Gasteiger partial charge in [-0.2, -0.15) is 0 Å². The lowest BCUT2D eigenvalue weighted by atomic mass is 9.89. The minimum absolute atomic E-state index is 0.827. The molecule has 2 unspecified atom stereocenters. The number of hydrogen-bond acceptors (Lipinski definition) is 5. The van der Waals surface area contributed by atoms with E-state index in [9.17, 15) is 0 Å². The topological polar surface area (TPSA) is 41.1 Å². The van der Waals surface area contributed by atoms with Crippen LogP contribution < -0.4 is 10.2 Å². The molecule has 2 aliphatic rings. The van der Waals surface area contributed by atoms with Gasteiger partial charge in [-0.25, -0.2) is 0 Å². The first kappa shape index (κ1) is 8.61.